The van der Waals surface area contributed by atoms with Crippen LogP contribution in [0, 0.1) is 0 Å². The summed E-state index contributed by atoms with van der Waals surface area (Å²) in [7, 11) is 0. The van der Waals surface area contributed by atoms with E-state index < -0.39 is 5.91 Å². The van der Waals surface area contributed by atoms with Gasteiger partial charge >= 0.3 is 0 Å². The van der Waals surface area contributed by atoms with E-state index in [1.807, 2.05) is 6.07 Å². The predicted molar refractivity (Wildman–Crippen MR) is 79.2 cm³/mol. The minimum Gasteiger partial charge on any atom is -0.437 e. The molecule has 0 aliphatic rings. The molecule has 0 atom stereocenters. The molecule has 1 amide bonds. The quantitative estimate of drug-likeness (QED) is 0.796. The van der Waals surface area contributed by atoms with Crippen molar-refractivity contribution in [3.8, 4) is 17.3 Å². The molecule has 8 heteroatoms. The minimum atomic E-state index is -0.603. The number of hydrogen-bond donors (Lipinski definition) is 1. The Kier molecular flexibility index (Phi) is 3.71. The van der Waals surface area contributed by atoms with E-state index >= 15 is 0 Å². The smallest absolute Gasteiger partial charge is 0.250 e. The van der Waals surface area contributed by atoms with Gasteiger partial charge in [0.2, 0.25) is 11.8 Å². The van der Waals surface area contributed by atoms with Crippen LogP contribution in [0.25, 0.3) is 5.69 Å². The number of halogens is 1. The molecule has 0 fully saturated rings. The second kappa shape index (κ2) is 5.82. The van der Waals surface area contributed by atoms with E-state index in [1.165, 1.54) is 12.3 Å². The van der Waals surface area contributed by atoms with Crippen LogP contribution in [0.2, 0.25) is 5.02 Å². The number of nitrogens with two attached hydrogens (primary N) is 1. The second-order valence-corrected chi connectivity index (χ2v) is 4.73. The van der Waals surface area contributed by atoms with E-state index in [0.29, 0.717) is 5.75 Å². The lowest BCUT2D eigenvalue weighted by atomic mass is 10.3. The average molecular weight is 316 g/mol. The summed E-state index contributed by atoms with van der Waals surface area (Å²) in [6, 6.07) is 8.58. The van der Waals surface area contributed by atoms with Crippen LogP contribution in [0.15, 0.2) is 48.9 Å². The number of primary amides is 1. The first-order chi connectivity index (χ1) is 10.6. The van der Waals surface area contributed by atoms with Crippen molar-refractivity contribution in [1.29, 1.82) is 0 Å². The lowest BCUT2D eigenvalue weighted by Crippen LogP contribution is -2.11. The van der Waals surface area contributed by atoms with Crippen LogP contribution in [0.1, 0.15) is 10.4 Å². The number of aromatic nitrogens is 4. The number of ether oxygens (including phenoxy) is 1. The molecular weight excluding hydrogens is 306 g/mol. The Labute approximate surface area is 130 Å². The molecule has 0 unspecified atom stereocenters. The first kappa shape index (κ1) is 14.0. The highest BCUT2D eigenvalue weighted by Gasteiger charge is 2.10. The number of pyridine rings is 1. The summed E-state index contributed by atoms with van der Waals surface area (Å²) in [5.74, 6) is 0.103. The Hall–Kier alpha value is -2.93. The molecule has 1 aromatic carbocycles. The van der Waals surface area contributed by atoms with Gasteiger partial charge in [0.1, 0.15) is 10.8 Å². The molecular formula is C14H10ClN5O2. The maximum Gasteiger partial charge on any atom is 0.250 e. The van der Waals surface area contributed by atoms with Gasteiger partial charge in [-0.2, -0.15) is 0 Å². The van der Waals surface area contributed by atoms with Crippen LogP contribution in [0.5, 0.6) is 11.6 Å². The minimum absolute atomic E-state index is 0.183. The molecule has 0 radical (unpaired) electrons. The zero-order valence-electron chi connectivity index (χ0n) is 11.2. The van der Waals surface area contributed by atoms with Gasteiger partial charge in [0.15, 0.2) is 0 Å². The molecule has 22 heavy (non-hydrogen) atoms. The highest BCUT2D eigenvalue weighted by Crippen LogP contribution is 2.28. The van der Waals surface area contributed by atoms with E-state index in [-0.39, 0.29) is 16.5 Å². The summed E-state index contributed by atoms with van der Waals surface area (Å²) in [4.78, 5) is 15.1. The van der Waals surface area contributed by atoms with E-state index in [2.05, 4.69) is 15.3 Å². The topological polar surface area (TPSA) is 95.9 Å². The summed E-state index contributed by atoms with van der Waals surface area (Å²) in [5.41, 5.74) is 6.16. The van der Waals surface area contributed by atoms with Crippen molar-refractivity contribution in [3.05, 3.63) is 59.5 Å². The highest BCUT2D eigenvalue weighted by atomic mass is 35.5. The van der Waals surface area contributed by atoms with Crippen LogP contribution in [0.3, 0.4) is 0 Å². The van der Waals surface area contributed by atoms with Crippen LogP contribution >= 0.6 is 11.6 Å². The van der Waals surface area contributed by atoms with Gasteiger partial charge in [0.25, 0.3) is 0 Å². The van der Waals surface area contributed by atoms with Crippen LogP contribution in [-0.4, -0.2) is 25.9 Å². The van der Waals surface area contributed by atoms with Gasteiger partial charge in [0, 0.05) is 12.3 Å². The maximum atomic E-state index is 11.1. The number of carbonyl (C=O) groups is 1. The third-order valence-corrected chi connectivity index (χ3v) is 3.08. The number of nitrogens with zero attached hydrogens (tertiary/aromatic N) is 4. The fourth-order valence-electron chi connectivity index (χ4n) is 1.78. The van der Waals surface area contributed by atoms with Crippen molar-refractivity contribution in [1.82, 2.24) is 20.0 Å². The molecule has 0 spiro atoms. The zero-order valence-corrected chi connectivity index (χ0v) is 11.9. The van der Waals surface area contributed by atoms with Crippen LogP contribution in [-0.2, 0) is 0 Å². The third-order valence-electron chi connectivity index (χ3n) is 2.81. The molecule has 0 bridgehead atoms. The van der Waals surface area contributed by atoms with Gasteiger partial charge in [-0.15, -0.1) is 5.10 Å². The Morgan fingerprint density at radius 3 is 2.86 bits per heavy atom. The van der Waals surface area contributed by atoms with Crippen molar-refractivity contribution in [2.24, 2.45) is 5.73 Å². The first-order valence-electron chi connectivity index (χ1n) is 6.23. The molecule has 3 aromatic rings. The summed E-state index contributed by atoms with van der Waals surface area (Å²) in [6.45, 7) is 0. The van der Waals surface area contributed by atoms with Gasteiger partial charge in [0.05, 0.1) is 23.6 Å². The Bertz CT molecular complexity index is 820. The van der Waals surface area contributed by atoms with Crippen molar-refractivity contribution >= 4 is 17.5 Å². The Balaban J connectivity index is 1.87. The lowest BCUT2D eigenvalue weighted by molar-refractivity contribution is 0.1000. The fraction of sp³-hybridized carbons (Fsp3) is 0. The summed E-state index contributed by atoms with van der Waals surface area (Å²) >= 11 is 6.04. The number of amides is 1. The fourth-order valence-corrected chi connectivity index (χ4v) is 1.99. The molecule has 0 aliphatic carbocycles. The highest BCUT2D eigenvalue weighted by molar-refractivity contribution is 6.32. The summed E-state index contributed by atoms with van der Waals surface area (Å²) < 4.78 is 7.22. The molecule has 0 saturated carbocycles. The van der Waals surface area contributed by atoms with Gasteiger partial charge in [-0.05, 0) is 18.2 Å². The van der Waals surface area contributed by atoms with Gasteiger partial charge in [-0.3, -0.25) is 4.79 Å². The normalized spacial score (nSPS) is 10.4. The SMILES string of the molecule is NC(=O)c1cnc(Oc2cccc(-n3ccnn3)c2)c(Cl)c1. The molecule has 0 saturated heterocycles. The van der Waals surface area contributed by atoms with Crippen molar-refractivity contribution in [2.45, 2.75) is 0 Å². The molecule has 110 valence electrons. The first-order valence-corrected chi connectivity index (χ1v) is 6.61. The van der Waals surface area contributed by atoms with Crippen molar-refractivity contribution in [2.75, 3.05) is 0 Å². The van der Waals surface area contributed by atoms with Crippen LogP contribution in [0.4, 0.5) is 0 Å². The van der Waals surface area contributed by atoms with E-state index in [4.69, 9.17) is 22.1 Å². The lowest BCUT2D eigenvalue weighted by Gasteiger charge is -2.08. The monoisotopic (exact) mass is 315 g/mol. The van der Waals surface area contributed by atoms with Gasteiger partial charge in [-0.1, -0.05) is 22.9 Å². The molecule has 2 heterocycles. The Morgan fingerprint density at radius 2 is 2.18 bits per heavy atom. The number of benzene rings is 1. The van der Waals surface area contributed by atoms with Crippen LogP contribution < -0.4 is 10.5 Å². The predicted octanol–water partition coefficient (Wildman–Crippen LogP) is 2.21. The third kappa shape index (κ3) is 2.89. The zero-order chi connectivity index (χ0) is 15.5. The molecule has 2 aromatic heterocycles. The molecule has 3 rings (SSSR count). The number of carbonyl (C=O) groups excluding carboxylic acids is 1. The maximum absolute atomic E-state index is 11.1. The van der Waals surface area contributed by atoms with Gasteiger partial charge < -0.3 is 10.5 Å². The standard InChI is InChI=1S/C14H10ClN5O2/c15-12-6-9(13(16)21)8-17-14(12)22-11-3-1-2-10(7-11)20-5-4-18-19-20/h1-8H,(H2,16,21). The molecule has 0 aliphatic heterocycles. The van der Waals surface area contributed by atoms with Gasteiger partial charge in [-0.25, -0.2) is 9.67 Å². The Morgan fingerprint density at radius 1 is 1.32 bits per heavy atom. The van der Waals surface area contributed by atoms with E-state index in [1.54, 1.807) is 35.3 Å². The van der Waals surface area contributed by atoms with Crippen molar-refractivity contribution < 1.29 is 9.53 Å². The average Bonchev–Trinajstić information content (AvgIpc) is 3.04. The number of rotatable bonds is 4. The second-order valence-electron chi connectivity index (χ2n) is 4.32. The van der Waals surface area contributed by atoms with E-state index in [0.717, 1.165) is 5.69 Å². The summed E-state index contributed by atoms with van der Waals surface area (Å²) in [6.07, 6.45) is 4.60. The molecule has 2 N–H and O–H groups in total. The van der Waals surface area contributed by atoms with Crippen molar-refractivity contribution in [3.63, 3.8) is 0 Å². The van der Waals surface area contributed by atoms with E-state index in [9.17, 15) is 4.79 Å². The molecule has 7 nitrogen and oxygen atoms in total. The number of hydrogen-bond acceptors (Lipinski definition) is 5. The largest absolute Gasteiger partial charge is 0.437 e. The summed E-state index contributed by atoms with van der Waals surface area (Å²) in [5, 5.41) is 7.85.